The van der Waals surface area contributed by atoms with E-state index in [1.54, 1.807) is 25.1 Å². The number of benzene rings is 2. The number of alkyl halides is 3. The summed E-state index contributed by atoms with van der Waals surface area (Å²) in [7, 11) is 0. The summed E-state index contributed by atoms with van der Waals surface area (Å²) >= 11 is 1.47. The minimum atomic E-state index is -4.37. The first kappa shape index (κ1) is 23.5. The molecule has 8 heteroatoms. The van der Waals surface area contributed by atoms with Crippen LogP contribution in [0.3, 0.4) is 0 Å². The largest absolute Gasteiger partial charge is 0.482 e. The van der Waals surface area contributed by atoms with Crippen molar-refractivity contribution in [2.45, 2.75) is 32.9 Å². The molecule has 0 saturated carbocycles. The molecule has 0 aliphatic rings. The molecule has 0 aliphatic heterocycles. The summed E-state index contributed by atoms with van der Waals surface area (Å²) in [6.45, 7) is 3.21. The molecule has 32 heavy (non-hydrogen) atoms. The minimum absolute atomic E-state index is 0.0539. The lowest BCUT2D eigenvalue weighted by Crippen LogP contribution is -2.10. The molecule has 1 heterocycles. The molecule has 0 amide bonds. The molecule has 3 rings (SSSR count). The van der Waals surface area contributed by atoms with E-state index in [1.165, 1.54) is 23.5 Å². The highest BCUT2D eigenvalue weighted by atomic mass is 32.1. The number of carbonyl (C=O) groups excluding carboxylic acids is 1. The Kier molecular flexibility index (Phi) is 7.03. The summed E-state index contributed by atoms with van der Waals surface area (Å²) in [6.07, 6.45) is -3.57. The number of rotatable bonds is 8. The fourth-order valence-electron chi connectivity index (χ4n) is 3.23. The van der Waals surface area contributed by atoms with E-state index in [1.807, 2.05) is 13.0 Å². The van der Waals surface area contributed by atoms with Gasteiger partial charge in [-0.1, -0.05) is 12.1 Å². The van der Waals surface area contributed by atoms with Crippen molar-refractivity contribution in [2.75, 3.05) is 6.61 Å². The standard InChI is InChI=1S/C24H21F3O4S/c1-14-11-17(5-9-20(14)31-13-23(29)30)19(28)8-10-21-15(2)12-22(32-21)16-3-6-18(7-4-16)24(25,26)27/h3-7,9,11-12H,8,10,13H2,1-2H3,(H,29,30). The fourth-order valence-corrected chi connectivity index (χ4v) is 4.41. The van der Waals surface area contributed by atoms with Crippen molar-refractivity contribution in [3.05, 3.63) is 75.7 Å². The van der Waals surface area contributed by atoms with E-state index in [4.69, 9.17) is 9.84 Å². The zero-order valence-corrected chi connectivity index (χ0v) is 18.3. The van der Waals surface area contributed by atoms with Crippen LogP contribution in [-0.4, -0.2) is 23.5 Å². The van der Waals surface area contributed by atoms with Gasteiger partial charge in [0.1, 0.15) is 5.75 Å². The molecule has 2 aromatic carbocycles. The van der Waals surface area contributed by atoms with Gasteiger partial charge >= 0.3 is 12.1 Å². The molecule has 0 radical (unpaired) electrons. The summed E-state index contributed by atoms with van der Waals surface area (Å²) in [5.74, 6) is -0.715. The average Bonchev–Trinajstić information content (AvgIpc) is 3.11. The summed E-state index contributed by atoms with van der Waals surface area (Å²) < 4.78 is 43.5. The van der Waals surface area contributed by atoms with Gasteiger partial charge in [-0.25, -0.2) is 4.79 Å². The van der Waals surface area contributed by atoms with Gasteiger partial charge in [0.25, 0.3) is 0 Å². The monoisotopic (exact) mass is 462 g/mol. The highest BCUT2D eigenvalue weighted by Gasteiger charge is 2.30. The van der Waals surface area contributed by atoms with E-state index in [0.29, 0.717) is 28.9 Å². The molecular formula is C24H21F3O4S. The molecule has 1 N–H and O–H groups in total. The van der Waals surface area contributed by atoms with E-state index in [-0.39, 0.29) is 12.2 Å². The van der Waals surface area contributed by atoms with Gasteiger partial charge in [-0.05, 0) is 73.4 Å². The lowest BCUT2D eigenvalue weighted by Gasteiger charge is -2.09. The molecule has 0 aliphatic carbocycles. The molecule has 0 atom stereocenters. The van der Waals surface area contributed by atoms with Gasteiger partial charge in [0, 0.05) is 21.7 Å². The van der Waals surface area contributed by atoms with Crippen LogP contribution >= 0.6 is 11.3 Å². The van der Waals surface area contributed by atoms with Crippen molar-refractivity contribution in [3.63, 3.8) is 0 Å². The maximum absolute atomic E-state index is 12.8. The molecule has 3 aromatic rings. The van der Waals surface area contributed by atoms with E-state index in [2.05, 4.69) is 0 Å². The third-order valence-corrected chi connectivity index (χ3v) is 6.29. The Labute approximate surface area is 187 Å². The molecule has 0 spiro atoms. The predicted molar refractivity (Wildman–Crippen MR) is 116 cm³/mol. The number of halogens is 3. The maximum atomic E-state index is 12.8. The van der Waals surface area contributed by atoms with Crippen LogP contribution < -0.4 is 4.74 Å². The van der Waals surface area contributed by atoms with Crippen molar-refractivity contribution in [1.82, 2.24) is 0 Å². The second-order valence-corrected chi connectivity index (χ2v) is 8.51. The number of carboxylic acids is 1. The first-order valence-electron chi connectivity index (χ1n) is 9.80. The average molecular weight is 462 g/mol. The van der Waals surface area contributed by atoms with Gasteiger partial charge in [0.2, 0.25) is 0 Å². The highest BCUT2D eigenvalue weighted by Crippen LogP contribution is 2.35. The van der Waals surface area contributed by atoms with Crippen LogP contribution in [0.5, 0.6) is 5.75 Å². The Morgan fingerprint density at radius 3 is 2.28 bits per heavy atom. The van der Waals surface area contributed by atoms with Crippen LogP contribution in [0.4, 0.5) is 13.2 Å². The van der Waals surface area contributed by atoms with E-state index in [0.717, 1.165) is 27.5 Å². The predicted octanol–water partition coefficient (Wildman–Crippen LogP) is 6.33. The zero-order chi connectivity index (χ0) is 23.5. The van der Waals surface area contributed by atoms with Crippen molar-refractivity contribution >= 4 is 23.1 Å². The van der Waals surface area contributed by atoms with Crippen LogP contribution in [0.25, 0.3) is 10.4 Å². The van der Waals surface area contributed by atoms with Crippen molar-refractivity contribution < 1.29 is 32.6 Å². The Hall–Kier alpha value is -3.13. The van der Waals surface area contributed by atoms with Gasteiger partial charge in [-0.3, -0.25) is 4.79 Å². The topological polar surface area (TPSA) is 63.6 Å². The molecule has 0 unspecified atom stereocenters. The Morgan fingerprint density at radius 1 is 1.00 bits per heavy atom. The number of Topliss-reactive ketones (excluding diaryl/α,β-unsaturated/α-hetero) is 1. The Balaban J connectivity index is 1.66. The summed E-state index contributed by atoms with van der Waals surface area (Å²) in [5.41, 5.74) is 2.20. The molecule has 0 saturated heterocycles. The van der Waals surface area contributed by atoms with Gasteiger partial charge in [-0.15, -0.1) is 11.3 Å². The molecular weight excluding hydrogens is 441 g/mol. The van der Waals surface area contributed by atoms with Crippen LogP contribution in [0.1, 0.15) is 38.3 Å². The second kappa shape index (κ2) is 9.56. The smallest absolute Gasteiger partial charge is 0.416 e. The number of ketones is 1. The molecule has 1 aromatic heterocycles. The molecule has 4 nitrogen and oxygen atoms in total. The number of aryl methyl sites for hydroxylation is 3. The van der Waals surface area contributed by atoms with E-state index in [9.17, 15) is 22.8 Å². The number of aliphatic carboxylic acids is 1. The minimum Gasteiger partial charge on any atom is -0.482 e. The Bertz CT molecular complexity index is 1130. The second-order valence-electron chi connectivity index (χ2n) is 7.38. The normalized spacial score (nSPS) is 11.4. The van der Waals surface area contributed by atoms with Gasteiger partial charge in [0.05, 0.1) is 5.56 Å². The number of hydrogen-bond donors (Lipinski definition) is 1. The molecule has 168 valence electrons. The first-order chi connectivity index (χ1) is 15.0. The van der Waals surface area contributed by atoms with Crippen molar-refractivity contribution in [2.24, 2.45) is 0 Å². The number of thiophene rings is 1. The van der Waals surface area contributed by atoms with E-state index < -0.39 is 24.3 Å². The maximum Gasteiger partial charge on any atom is 0.416 e. The van der Waals surface area contributed by atoms with E-state index >= 15 is 0 Å². The van der Waals surface area contributed by atoms with Crippen LogP contribution in [-0.2, 0) is 17.4 Å². The first-order valence-corrected chi connectivity index (χ1v) is 10.6. The number of hydrogen-bond acceptors (Lipinski definition) is 4. The zero-order valence-electron chi connectivity index (χ0n) is 17.5. The SMILES string of the molecule is Cc1cc(C(=O)CCc2sc(-c3ccc(C(F)(F)F)cc3)cc2C)ccc1OCC(=O)O. The fraction of sp³-hybridized carbons (Fsp3) is 0.250. The van der Waals surface area contributed by atoms with Crippen LogP contribution in [0.15, 0.2) is 48.5 Å². The summed E-state index contributed by atoms with van der Waals surface area (Å²) in [5, 5.41) is 8.70. The van der Waals surface area contributed by atoms with Crippen molar-refractivity contribution in [3.8, 4) is 16.2 Å². The third-order valence-electron chi connectivity index (χ3n) is 4.94. The molecule has 0 bridgehead atoms. The van der Waals surface area contributed by atoms with Gasteiger partial charge in [0.15, 0.2) is 12.4 Å². The molecule has 0 fully saturated rings. The lowest BCUT2D eigenvalue weighted by atomic mass is 10.0. The quantitative estimate of drug-likeness (QED) is 0.398. The number of ether oxygens (including phenoxy) is 1. The highest BCUT2D eigenvalue weighted by molar-refractivity contribution is 7.15. The van der Waals surface area contributed by atoms with Gasteiger partial charge < -0.3 is 9.84 Å². The Morgan fingerprint density at radius 2 is 1.69 bits per heavy atom. The van der Waals surface area contributed by atoms with Crippen LogP contribution in [0.2, 0.25) is 0 Å². The summed E-state index contributed by atoms with van der Waals surface area (Å²) in [6, 6.07) is 11.9. The van der Waals surface area contributed by atoms with Gasteiger partial charge in [-0.2, -0.15) is 13.2 Å². The summed E-state index contributed by atoms with van der Waals surface area (Å²) in [4.78, 5) is 25.1. The van der Waals surface area contributed by atoms with Crippen molar-refractivity contribution in [1.29, 1.82) is 0 Å². The number of carboxylic acid groups (broad SMARTS) is 1. The third kappa shape index (κ3) is 5.76. The lowest BCUT2D eigenvalue weighted by molar-refractivity contribution is -0.139. The van der Waals surface area contributed by atoms with Crippen LogP contribution in [0, 0.1) is 13.8 Å². The number of carbonyl (C=O) groups is 2.